The highest BCUT2D eigenvalue weighted by atomic mass is 35.5. The summed E-state index contributed by atoms with van der Waals surface area (Å²) in [6, 6.07) is 7.86. The Bertz CT molecular complexity index is 311. The zero-order valence-corrected chi connectivity index (χ0v) is 10.3. The second-order valence-electron chi connectivity index (χ2n) is 3.16. The Labute approximate surface area is 101 Å². The molecule has 1 rings (SSSR count). The molecule has 15 heavy (non-hydrogen) atoms. The van der Waals surface area contributed by atoms with Crippen LogP contribution in [-0.2, 0) is 6.42 Å². The summed E-state index contributed by atoms with van der Waals surface area (Å²) in [7, 11) is 0. The van der Waals surface area contributed by atoms with Crippen LogP contribution < -0.4 is 10.6 Å². The quantitative estimate of drug-likeness (QED) is 0.793. The van der Waals surface area contributed by atoms with Crippen molar-refractivity contribution < 1.29 is 0 Å². The molecule has 0 fully saturated rings. The van der Waals surface area contributed by atoms with Gasteiger partial charge in [-0.3, -0.25) is 0 Å². The van der Waals surface area contributed by atoms with Gasteiger partial charge in [0.2, 0.25) is 0 Å². The normalized spacial score (nSPS) is 9.73. The first-order valence-electron chi connectivity index (χ1n) is 4.98. The van der Waals surface area contributed by atoms with E-state index in [1.807, 2.05) is 31.2 Å². The minimum Gasteiger partial charge on any atom is -0.363 e. The smallest absolute Gasteiger partial charge is 0.166 e. The van der Waals surface area contributed by atoms with Crippen LogP contribution >= 0.6 is 23.8 Å². The van der Waals surface area contributed by atoms with Crippen LogP contribution in [-0.4, -0.2) is 18.2 Å². The molecule has 1 aromatic carbocycles. The summed E-state index contributed by atoms with van der Waals surface area (Å²) in [5.74, 6) is 0. The van der Waals surface area contributed by atoms with E-state index in [1.165, 1.54) is 5.56 Å². The van der Waals surface area contributed by atoms with Crippen LogP contribution in [0.3, 0.4) is 0 Å². The monoisotopic (exact) mass is 242 g/mol. The molecule has 0 radical (unpaired) electrons. The maximum atomic E-state index is 5.79. The van der Waals surface area contributed by atoms with Crippen LogP contribution in [0.25, 0.3) is 0 Å². The molecular formula is C11H15ClN2S. The Balaban J connectivity index is 2.26. The highest BCUT2D eigenvalue weighted by Gasteiger charge is 1.95. The van der Waals surface area contributed by atoms with Crippen molar-refractivity contribution in [1.29, 1.82) is 0 Å². The van der Waals surface area contributed by atoms with Gasteiger partial charge in [0.1, 0.15) is 0 Å². The zero-order valence-electron chi connectivity index (χ0n) is 8.72. The number of nitrogens with one attached hydrogen (secondary N) is 2. The van der Waals surface area contributed by atoms with Crippen molar-refractivity contribution in [2.75, 3.05) is 13.1 Å². The number of halogens is 1. The average molecular weight is 243 g/mol. The lowest BCUT2D eigenvalue weighted by Crippen LogP contribution is -2.36. The van der Waals surface area contributed by atoms with Crippen LogP contribution in [0.1, 0.15) is 12.5 Å². The van der Waals surface area contributed by atoms with Crippen LogP contribution in [0.15, 0.2) is 24.3 Å². The van der Waals surface area contributed by atoms with Gasteiger partial charge in [-0.2, -0.15) is 0 Å². The van der Waals surface area contributed by atoms with E-state index in [2.05, 4.69) is 10.6 Å². The Morgan fingerprint density at radius 1 is 1.27 bits per heavy atom. The van der Waals surface area contributed by atoms with Gasteiger partial charge in [-0.1, -0.05) is 23.7 Å². The van der Waals surface area contributed by atoms with Crippen molar-refractivity contribution in [1.82, 2.24) is 10.6 Å². The molecule has 1 aromatic rings. The maximum Gasteiger partial charge on any atom is 0.166 e. The van der Waals surface area contributed by atoms with Gasteiger partial charge in [-0.05, 0) is 43.3 Å². The predicted molar refractivity (Wildman–Crippen MR) is 69.4 cm³/mol. The van der Waals surface area contributed by atoms with Gasteiger partial charge >= 0.3 is 0 Å². The molecule has 0 aromatic heterocycles. The van der Waals surface area contributed by atoms with Crippen LogP contribution in [0.2, 0.25) is 5.02 Å². The fraction of sp³-hybridized carbons (Fsp3) is 0.364. The first-order chi connectivity index (χ1) is 7.22. The molecule has 4 heteroatoms. The summed E-state index contributed by atoms with van der Waals surface area (Å²) < 4.78 is 0. The molecule has 82 valence electrons. The van der Waals surface area contributed by atoms with Crippen molar-refractivity contribution in [2.24, 2.45) is 0 Å². The molecular weight excluding hydrogens is 228 g/mol. The van der Waals surface area contributed by atoms with Crippen molar-refractivity contribution in [2.45, 2.75) is 13.3 Å². The van der Waals surface area contributed by atoms with Crippen molar-refractivity contribution in [3.63, 3.8) is 0 Å². The summed E-state index contributed by atoms with van der Waals surface area (Å²) in [4.78, 5) is 0. The molecule has 0 spiro atoms. The van der Waals surface area contributed by atoms with Crippen LogP contribution in [0.4, 0.5) is 0 Å². The molecule has 0 amide bonds. The Kier molecular flexibility index (Phi) is 5.43. The summed E-state index contributed by atoms with van der Waals surface area (Å²) in [5, 5.41) is 7.66. The summed E-state index contributed by atoms with van der Waals surface area (Å²) in [5.41, 5.74) is 1.26. The van der Waals surface area contributed by atoms with Gasteiger partial charge in [0.05, 0.1) is 0 Å². The van der Waals surface area contributed by atoms with Gasteiger partial charge in [-0.25, -0.2) is 0 Å². The Hall–Kier alpha value is -0.800. The van der Waals surface area contributed by atoms with E-state index < -0.39 is 0 Å². The van der Waals surface area contributed by atoms with Crippen molar-refractivity contribution in [3.05, 3.63) is 34.9 Å². The Morgan fingerprint density at radius 2 is 1.93 bits per heavy atom. The number of thiocarbonyl (C=S) groups is 1. The summed E-state index contributed by atoms with van der Waals surface area (Å²) in [6.07, 6.45) is 0.947. The van der Waals surface area contributed by atoms with Crippen molar-refractivity contribution >= 4 is 28.9 Å². The molecule has 0 bridgehead atoms. The largest absolute Gasteiger partial charge is 0.363 e. The average Bonchev–Trinajstić information content (AvgIpc) is 2.21. The molecule has 2 nitrogen and oxygen atoms in total. The first kappa shape index (κ1) is 12.3. The number of hydrogen-bond donors (Lipinski definition) is 2. The summed E-state index contributed by atoms with van der Waals surface area (Å²) in [6.45, 7) is 3.72. The van der Waals surface area contributed by atoms with Gasteiger partial charge in [0.25, 0.3) is 0 Å². The molecule has 2 N–H and O–H groups in total. The number of rotatable bonds is 4. The number of hydrogen-bond acceptors (Lipinski definition) is 1. The van der Waals surface area contributed by atoms with Gasteiger partial charge in [-0.15, -0.1) is 0 Å². The maximum absolute atomic E-state index is 5.79. The van der Waals surface area contributed by atoms with E-state index in [-0.39, 0.29) is 0 Å². The van der Waals surface area contributed by atoms with E-state index in [9.17, 15) is 0 Å². The molecule has 0 heterocycles. The third-order valence-corrected chi connectivity index (χ3v) is 2.49. The lowest BCUT2D eigenvalue weighted by Gasteiger charge is -2.08. The number of benzene rings is 1. The highest BCUT2D eigenvalue weighted by Crippen LogP contribution is 2.09. The highest BCUT2D eigenvalue weighted by molar-refractivity contribution is 7.80. The standard InChI is InChI=1S/C11H15ClN2S/c1-2-13-11(15)14-8-7-9-3-5-10(12)6-4-9/h3-6H,2,7-8H2,1H3,(H2,13,14,15). The van der Waals surface area contributed by atoms with Crippen LogP contribution in [0, 0.1) is 0 Å². The van der Waals surface area contributed by atoms with E-state index in [4.69, 9.17) is 23.8 Å². The van der Waals surface area contributed by atoms with Crippen molar-refractivity contribution in [3.8, 4) is 0 Å². The zero-order chi connectivity index (χ0) is 11.1. The fourth-order valence-electron chi connectivity index (χ4n) is 1.19. The second-order valence-corrected chi connectivity index (χ2v) is 4.01. The molecule has 0 aliphatic carbocycles. The van der Waals surface area contributed by atoms with E-state index in [0.29, 0.717) is 5.11 Å². The third-order valence-electron chi connectivity index (χ3n) is 1.95. The van der Waals surface area contributed by atoms with E-state index in [0.717, 1.165) is 24.5 Å². The molecule has 0 atom stereocenters. The van der Waals surface area contributed by atoms with Gasteiger partial charge in [0, 0.05) is 18.1 Å². The fourth-order valence-corrected chi connectivity index (χ4v) is 1.57. The topological polar surface area (TPSA) is 24.1 Å². The summed E-state index contributed by atoms with van der Waals surface area (Å²) >= 11 is 10.8. The minimum absolute atomic E-state index is 0.714. The predicted octanol–water partition coefficient (Wildman–Crippen LogP) is 2.37. The van der Waals surface area contributed by atoms with Crippen LogP contribution in [0.5, 0.6) is 0 Å². The second kappa shape index (κ2) is 6.64. The molecule has 0 saturated carbocycles. The lowest BCUT2D eigenvalue weighted by atomic mass is 10.1. The third kappa shape index (κ3) is 5.00. The Morgan fingerprint density at radius 3 is 2.53 bits per heavy atom. The SMILES string of the molecule is CCNC(=S)NCCc1ccc(Cl)cc1. The minimum atomic E-state index is 0.714. The molecule has 0 aliphatic heterocycles. The first-order valence-corrected chi connectivity index (χ1v) is 5.77. The lowest BCUT2D eigenvalue weighted by molar-refractivity contribution is 0.829. The van der Waals surface area contributed by atoms with Gasteiger partial charge < -0.3 is 10.6 Å². The van der Waals surface area contributed by atoms with E-state index >= 15 is 0 Å². The van der Waals surface area contributed by atoms with Gasteiger partial charge in [0.15, 0.2) is 5.11 Å². The molecule has 0 unspecified atom stereocenters. The molecule has 0 aliphatic rings. The van der Waals surface area contributed by atoms with E-state index in [1.54, 1.807) is 0 Å². The molecule has 0 saturated heterocycles.